The number of fused-ring (bicyclic) bond motifs is 3. The molecule has 1 aliphatic carbocycles. The summed E-state index contributed by atoms with van der Waals surface area (Å²) in [6.45, 7) is 3.82. The Balaban J connectivity index is 1.67. The van der Waals surface area contributed by atoms with Crippen molar-refractivity contribution in [3.8, 4) is 5.69 Å². The minimum atomic E-state index is 0.0115. The second kappa shape index (κ2) is 6.86. The van der Waals surface area contributed by atoms with Crippen molar-refractivity contribution in [2.45, 2.75) is 44.0 Å². The molecule has 142 valence electrons. The Kier molecular flexibility index (Phi) is 4.32. The van der Waals surface area contributed by atoms with E-state index in [2.05, 4.69) is 10.1 Å². The second-order valence-electron chi connectivity index (χ2n) is 6.93. The van der Waals surface area contributed by atoms with Crippen molar-refractivity contribution < 1.29 is 4.52 Å². The standard InChI is InChI=1S/C20H18N4O2S2/c1-11-6-8-13(9-7-11)24-19(25)17-14-4-3-5-15(14)28-18(17)22-20(24)27-10-16-21-12(2)23-26-16/h6-9H,3-5,10H2,1-2H3. The molecule has 6 nitrogen and oxygen atoms in total. The second-order valence-corrected chi connectivity index (χ2v) is 8.96. The van der Waals surface area contributed by atoms with E-state index in [0.29, 0.717) is 22.6 Å². The molecule has 0 spiro atoms. The smallest absolute Gasteiger partial charge is 0.267 e. The Morgan fingerprint density at radius 3 is 2.75 bits per heavy atom. The summed E-state index contributed by atoms with van der Waals surface area (Å²) in [4.78, 5) is 24.8. The summed E-state index contributed by atoms with van der Waals surface area (Å²) in [5, 5.41) is 5.27. The quantitative estimate of drug-likeness (QED) is 0.370. The van der Waals surface area contributed by atoms with E-state index in [1.54, 1.807) is 22.8 Å². The van der Waals surface area contributed by atoms with E-state index in [0.717, 1.165) is 40.7 Å². The van der Waals surface area contributed by atoms with Gasteiger partial charge in [-0.2, -0.15) is 4.98 Å². The molecule has 28 heavy (non-hydrogen) atoms. The van der Waals surface area contributed by atoms with Crippen LogP contribution in [0.1, 0.15) is 34.1 Å². The van der Waals surface area contributed by atoms with E-state index < -0.39 is 0 Å². The molecule has 0 bridgehead atoms. The topological polar surface area (TPSA) is 73.8 Å². The number of hydrogen-bond donors (Lipinski definition) is 0. The van der Waals surface area contributed by atoms with Crippen LogP contribution in [0, 0.1) is 13.8 Å². The highest BCUT2D eigenvalue weighted by Crippen LogP contribution is 2.36. The summed E-state index contributed by atoms with van der Waals surface area (Å²) >= 11 is 3.10. The molecule has 0 radical (unpaired) electrons. The molecule has 1 aliphatic rings. The molecule has 0 aliphatic heterocycles. The lowest BCUT2D eigenvalue weighted by Gasteiger charge is -2.12. The maximum atomic E-state index is 13.5. The first kappa shape index (κ1) is 17.6. The molecule has 3 aromatic heterocycles. The Morgan fingerprint density at radius 2 is 2.00 bits per heavy atom. The van der Waals surface area contributed by atoms with Crippen molar-refractivity contribution >= 4 is 33.3 Å². The third kappa shape index (κ3) is 2.97. The number of rotatable bonds is 4. The molecule has 0 atom stereocenters. The van der Waals surface area contributed by atoms with E-state index in [4.69, 9.17) is 9.51 Å². The molecule has 0 N–H and O–H groups in total. The van der Waals surface area contributed by atoms with Gasteiger partial charge in [0.15, 0.2) is 11.0 Å². The molecule has 8 heteroatoms. The van der Waals surface area contributed by atoms with Crippen LogP contribution in [0.5, 0.6) is 0 Å². The van der Waals surface area contributed by atoms with Crippen LogP contribution in [0.3, 0.4) is 0 Å². The molecule has 0 unspecified atom stereocenters. The molecule has 5 rings (SSSR count). The van der Waals surface area contributed by atoms with Crippen molar-refractivity contribution in [1.29, 1.82) is 0 Å². The first-order valence-electron chi connectivity index (χ1n) is 9.16. The fourth-order valence-corrected chi connectivity index (χ4v) is 5.72. The van der Waals surface area contributed by atoms with Crippen molar-refractivity contribution in [2.75, 3.05) is 0 Å². The monoisotopic (exact) mass is 410 g/mol. The predicted octanol–water partition coefficient (Wildman–Crippen LogP) is 4.23. The summed E-state index contributed by atoms with van der Waals surface area (Å²) in [7, 11) is 0. The van der Waals surface area contributed by atoms with Gasteiger partial charge in [0.25, 0.3) is 5.56 Å². The molecular formula is C20H18N4O2S2. The number of hydrogen-bond acceptors (Lipinski definition) is 7. The van der Waals surface area contributed by atoms with Crippen LogP contribution in [0.25, 0.3) is 15.9 Å². The number of thioether (sulfide) groups is 1. The first-order chi connectivity index (χ1) is 13.6. The average molecular weight is 411 g/mol. The number of aryl methyl sites for hydroxylation is 4. The maximum Gasteiger partial charge on any atom is 0.267 e. The van der Waals surface area contributed by atoms with E-state index in [1.807, 2.05) is 31.2 Å². The Hall–Kier alpha value is -2.45. The zero-order chi connectivity index (χ0) is 19.3. The van der Waals surface area contributed by atoms with Gasteiger partial charge in [-0.3, -0.25) is 9.36 Å². The van der Waals surface area contributed by atoms with Crippen LogP contribution in [-0.4, -0.2) is 19.7 Å². The van der Waals surface area contributed by atoms with Gasteiger partial charge in [0, 0.05) is 4.88 Å². The van der Waals surface area contributed by atoms with Gasteiger partial charge in [-0.05, 0) is 50.8 Å². The molecule has 0 saturated heterocycles. The van der Waals surface area contributed by atoms with Gasteiger partial charge in [-0.15, -0.1) is 11.3 Å². The number of nitrogens with zero attached hydrogens (tertiary/aromatic N) is 4. The van der Waals surface area contributed by atoms with Gasteiger partial charge in [0.1, 0.15) is 4.83 Å². The third-order valence-electron chi connectivity index (χ3n) is 4.89. The minimum absolute atomic E-state index is 0.0115. The van der Waals surface area contributed by atoms with Gasteiger partial charge >= 0.3 is 0 Å². The lowest BCUT2D eigenvalue weighted by atomic mass is 10.2. The zero-order valence-corrected chi connectivity index (χ0v) is 17.2. The van der Waals surface area contributed by atoms with Crippen molar-refractivity contribution in [1.82, 2.24) is 19.7 Å². The van der Waals surface area contributed by atoms with E-state index in [1.165, 1.54) is 22.2 Å². The fraction of sp³-hybridized carbons (Fsp3) is 0.300. The van der Waals surface area contributed by atoms with E-state index in [9.17, 15) is 4.79 Å². The van der Waals surface area contributed by atoms with Gasteiger partial charge in [-0.25, -0.2) is 4.98 Å². The Bertz CT molecular complexity index is 1240. The van der Waals surface area contributed by atoms with Crippen LogP contribution in [0.4, 0.5) is 0 Å². The summed E-state index contributed by atoms with van der Waals surface area (Å²) < 4.78 is 6.94. The molecule has 0 fully saturated rings. The molecule has 1 aromatic carbocycles. The minimum Gasteiger partial charge on any atom is -0.338 e. The summed E-state index contributed by atoms with van der Waals surface area (Å²) in [6.07, 6.45) is 3.13. The Morgan fingerprint density at radius 1 is 1.18 bits per heavy atom. The van der Waals surface area contributed by atoms with Crippen LogP contribution >= 0.6 is 23.1 Å². The fourth-order valence-electron chi connectivity index (χ4n) is 3.57. The van der Waals surface area contributed by atoms with E-state index in [-0.39, 0.29) is 5.56 Å². The SMILES string of the molecule is Cc1ccc(-n2c(SCc3nc(C)no3)nc3sc4c(c3c2=O)CCC4)cc1. The van der Waals surface area contributed by atoms with Crippen LogP contribution in [-0.2, 0) is 18.6 Å². The number of aromatic nitrogens is 4. The molecule has 0 saturated carbocycles. The van der Waals surface area contributed by atoms with Gasteiger partial charge in [-0.1, -0.05) is 34.6 Å². The largest absolute Gasteiger partial charge is 0.338 e. The van der Waals surface area contributed by atoms with E-state index >= 15 is 0 Å². The molecular weight excluding hydrogens is 392 g/mol. The third-order valence-corrected chi connectivity index (χ3v) is 7.00. The summed E-state index contributed by atoms with van der Waals surface area (Å²) in [5.74, 6) is 1.60. The summed E-state index contributed by atoms with van der Waals surface area (Å²) in [5.41, 5.74) is 3.19. The van der Waals surface area contributed by atoms with Crippen molar-refractivity contribution in [2.24, 2.45) is 0 Å². The van der Waals surface area contributed by atoms with Crippen LogP contribution in [0.15, 0.2) is 38.7 Å². The molecule has 4 aromatic rings. The van der Waals surface area contributed by atoms with Gasteiger partial charge in [0.05, 0.1) is 16.8 Å². The highest BCUT2D eigenvalue weighted by Gasteiger charge is 2.24. The number of thiophene rings is 1. The Labute approximate surface area is 169 Å². The average Bonchev–Trinajstić information content (AvgIpc) is 3.37. The molecule has 3 heterocycles. The highest BCUT2D eigenvalue weighted by molar-refractivity contribution is 7.98. The number of benzene rings is 1. The zero-order valence-electron chi connectivity index (χ0n) is 15.6. The predicted molar refractivity (Wildman–Crippen MR) is 111 cm³/mol. The van der Waals surface area contributed by atoms with Crippen molar-refractivity contribution in [3.63, 3.8) is 0 Å². The van der Waals surface area contributed by atoms with Crippen LogP contribution in [0.2, 0.25) is 0 Å². The van der Waals surface area contributed by atoms with Gasteiger partial charge < -0.3 is 4.52 Å². The maximum absolute atomic E-state index is 13.5. The summed E-state index contributed by atoms with van der Waals surface area (Å²) in [6, 6.07) is 7.97. The lowest BCUT2D eigenvalue weighted by Crippen LogP contribution is -2.21. The lowest BCUT2D eigenvalue weighted by molar-refractivity contribution is 0.387. The normalized spacial score (nSPS) is 13.4. The van der Waals surface area contributed by atoms with Crippen molar-refractivity contribution in [3.05, 3.63) is 62.3 Å². The first-order valence-corrected chi connectivity index (χ1v) is 11.0. The van der Waals surface area contributed by atoms with Gasteiger partial charge in [0.2, 0.25) is 5.89 Å². The molecule has 0 amide bonds. The van der Waals surface area contributed by atoms with Crippen LogP contribution < -0.4 is 5.56 Å². The highest BCUT2D eigenvalue weighted by atomic mass is 32.2.